The van der Waals surface area contributed by atoms with Crippen LogP contribution in [0.25, 0.3) is 0 Å². The number of nitrogens with two attached hydrogens (primary N) is 1. The van der Waals surface area contributed by atoms with Crippen molar-refractivity contribution < 1.29 is 9.47 Å². The van der Waals surface area contributed by atoms with Crippen molar-refractivity contribution in [1.82, 2.24) is 0 Å². The first-order valence-corrected chi connectivity index (χ1v) is 6.22. The summed E-state index contributed by atoms with van der Waals surface area (Å²) in [5.41, 5.74) is 6.94. The van der Waals surface area contributed by atoms with E-state index in [-0.39, 0.29) is 6.04 Å². The van der Waals surface area contributed by atoms with Crippen molar-refractivity contribution in [2.75, 3.05) is 13.7 Å². The topological polar surface area (TPSA) is 44.5 Å². The largest absolute Gasteiger partial charge is 0.493 e. The third kappa shape index (κ3) is 4.65. The van der Waals surface area contributed by atoms with Gasteiger partial charge in [0.15, 0.2) is 11.5 Å². The molecule has 0 aromatic heterocycles. The fraction of sp³-hybridized carbons (Fsp3) is 0.571. The van der Waals surface area contributed by atoms with Gasteiger partial charge in [-0.2, -0.15) is 0 Å². The Bertz CT molecular complexity index is 337. The van der Waals surface area contributed by atoms with Crippen molar-refractivity contribution in [1.29, 1.82) is 0 Å². The molecule has 0 aliphatic rings. The van der Waals surface area contributed by atoms with Gasteiger partial charge in [-0.1, -0.05) is 13.0 Å². The molecular formula is C14H23NO2. The van der Waals surface area contributed by atoms with Crippen LogP contribution in [0.2, 0.25) is 0 Å². The van der Waals surface area contributed by atoms with Gasteiger partial charge in [-0.25, -0.2) is 0 Å². The predicted octanol–water partition coefficient (Wildman–Crippen LogP) is 2.76. The second kappa shape index (κ2) is 7.17. The molecule has 0 amide bonds. The minimum Gasteiger partial charge on any atom is -0.493 e. The van der Waals surface area contributed by atoms with E-state index < -0.39 is 0 Å². The smallest absolute Gasteiger partial charge is 0.161 e. The normalized spacial score (nSPS) is 12.2. The second-order valence-corrected chi connectivity index (χ2v) is 4.31. The number of hydrogen-bond acceptors (Lipinski definition) is 3. The quantitative estimate of drug-likeness (QED) is 0.742. The van der Waals surface area contributed by atoms with Crippen LogP contribution >= 0.6 is 0 Å². The van der Waals surface area contributed by atoms with Crippen molar-refractivity contribution in [3.8, 4) is 11.5 Å². The van der Waals surface area contributed by atoms with Crippen LogP contribution in [-0.2, 0) is 6.42 Å². The van der Waals surface area contributed by atoms with E-state index >= 15 is 0 Å². The maximum Gasteiger partial charge on any atom is 0.161 e. The number of hydrogen-bond donors (Lipinski definition) is 1. The molecular weight excluding hydrogens is 214 g/mol. The van der Waals surface area contributed by atoms with E-state index in [4.69, 9.17) is 15.2 Å². The van der Waals surface area contributed by atoms with E-state index in [1.807, 2.05) is 19.1 Å². The highest BCUT2D eigenvalue weighted by Gasteiger charge is 2.05. The molecule has 96 valence electrons. The standard InChI is InChI=1S/C14H23NO2/c1-4-12-7-8-13(14(10-12)16-3)17-9-5-6-11(2)15/h7-8,10-11H,4-6,9,15H2,1-3H3. The number of aryl methyl sites for hydroxylation is 1. The van der Waals surface area contributed by atoms with Crippen LogP contribution in [0, 0.1) is 0 Å². The molecule has 0 aliphatic carbocycles. The van der Waals surface area contributed by atoms with E-state index in [1.165, 1.54) is 5.56 Å². The molecule has 0 radical (unpaired) electrons. The van der Waals surface area contributed by atoms with Crippen LogP contribution in [0.15, 0.2) is 18.2 Å². The highest BCUT2D eigenvalue weighted by Crippen LogP contribution is 2.28. The van der Waals surface area contributed by atoms with Gasteiger partial charge in [0.2, 0.25) is 0 Å². The first-order chi connectivity index (χ1) is 8.17. The van der Waals surface area contributed by atoms with E-state index in [1.54, 1.807) is 7.11 Å². The van der Waals surface area contributed by atoms with Gasteiger partial charge in [-0.15, -0.1) is 0 Å². The first kappa shape index (κ1) is 13.8. The summed E-state index contributed by atoms with van der Waals surface area (Å²) >= 11 is 0. The fourth-order valence-electron chi connectivity index (χ4n) is 1.64. The highest BCUT2D eigenvalue weighted by molar-refractivity contribution is 5.42. The van der Waals surface area contributed by atoms with Crippen LogP contribution in [0.4, 0.5) is 0 Å². The zero-order valence-electron chi connectivity index (χ0n) is 11.0. The molecule has 1 aromatic rings. The zero-order chi connectivity index (χ0) is 12.7. The molecule has 1 unspecified atom stereocenters. The Hall–Kier alpha value is -1.22. The molecule has 1 atom stereocenters. The van der Waals surface area contributed by atoms with Crippen molar-refractivity contribution in [3.63, 3.8) is 0 Å². The average Bonchev–Trinajstić information content (AvgIpc) is 2.34. The van der Waals surface area contributed by atoms with Crippen LogP contribution in [0.1, 0.15) is 32.3 Å². The summed E-state index contributed by atoms with van der Waals surface area (Å²) < 4.78 is 11.0. The van der Waals surface area contributed by atoms with Crippen LogP contribution in [-0.4, -0.2) is 19.8 Å². The van der Waals surface area contributed by atoms with Gasteiger partial charge in [-0.05, 0) is 43.9 Å². The molecule has 17 heavy (non-hydrogen) atoms. The molecule has 0 aliphatic heterocycles. The lowest BCUT2D eigenvalue weighted by Gasteiger charge is -2.12. The lowest BCUT2D eigenvalue weighted by molar-refractivity contribution is 0.283. The van der Waals surface area contributed by atoms with Gasteiger partial charge < -0.3 is 15.2 Å². The van der Waals surface area contributed by atoms with Gasteiger partial charge in [0.05, 0.1) is 13.7 Å². The lowest BCUT2D eigenvalue weighted by Crippen LogP contribution is -2.15. The number of ether oxygens (including phenoxy) is 2. The van der Waals surface area contributed by atoms with Crippen molar-refractivity contribution >= 4 is 0 Å². The summed E-state index contributed by atoms with van der Waals surface area (Å²) in [4.78, 5) is 0. The third-order valence-corrected chi connectivity index (χ3v) is 2.70. The highest BCUT2D eigenvalue weighted by atomic mass is 16.5. The SMILES string of the molecule is CCc1ccc(OCCCC(C)N)c(OC)c1. The summed E-state index contributed by atoms with van der Waals surface area (Å²) in [5.74, 6) is 1.62. The predicted molar refractivity (Wildman–Crippen MR) is 70.8 cm³/mol. The molecule has 0 fully saturated rings. The van der Waals surface area contributed by atoms with Crippen LogP contribution < -0.4 is 15.2 Å². The molecule has 0 saturated heterocycles. The Labute approximate surface area is 104 Å². The molecule has 0 saturated carbocycles. The maximum absolute atomic E-state index is 5.70. The lowest BCUT2D eigenvalue weighted by atomic mass is 10.1. The monoisotopic (exact) mass is 237 g/mol. The Morgan fingerprint density at radius 2 is 2.06 bits per heavy atom. The Morgan fingerprint density at radius 1 is 1.29 bits per heavy atom. The van der Waals surface area contributed by atoms with E-state index in [9.17, 15) is 0 Å². The fourth-order valence-corrected chi connectivity index (χ4v) is 1.64. The minimum absolute atomic E-state index is 0.239. The first-order valence-electron chi connectivity index (χ1n) is 6.22. The average molecular weight is 237 g/mol. The molecule has 1 aromatic carbocycles. The van der Waals surface area contributed by atoms with Gasteiger partial charge >= 0.3 is 0 Å². The van der Waals surface area contributed by atoms with E-state index in [0.29, 0.717) is 6.61 Å². The maximum atomic E-state index is 5.70. The van der Waals surface area contributed by atoms with Crippen molar-refractivity contribution in [3.05, 3.63) is 23.8 Å². The van der Waals surface area contributed by atoms with Gasteiger partial charge in [0.1, 0.15) is 0 Å². The summed E-state index contributed by atoms with van der Waals surface area (Å²) in [6.07, 6.45) is 2.95. The number of rotatable bonds is 7. The van der Waals surface area contributed by atoms with Gasteiger partial charge in [0.25, 0.3) is 0 Å². The number of methoxy groups -OCH3 is 1. The van der Waals surface area contributed by atoms with Crippen LogP contribution in [0.3, 0.4) is 0 Å². The van der Waals surface area contributed by atoms with Crippen molar-refractivity contribution in [2.45, 2.75) is 39.2 Å². The Morgan fingerprint density at radius 3 is 2.65 bits per heavy atom. The second-order valence-electron chi connectivity index (χ2n) is 4.31. The summed E-state index contributed by atoms with van der Waals surface area (Å²) in [5, 5.41) is 0. The molecule has 2 N–H and O–H groups in total. The van der Waals surface area contributed by atoms with Gasteiger partial charge in [-0.3, -0.25) is 0 Å². The summed E-state index contributed by atoms with van der Waals surface area (Å²) in [7, 11) is 1.67. The molecule has 1 rings (SSSR count). The third-order valence-electron chi connectivity index (χ3n) is 2.70. The molecule has 0 heterocycles. The summed E-state index contributed by atoms with van der Waals surface area (Å²) in [6.45, 7) is 4.82. The van der Waals surface area contributed by atoms with Crippen LogP contribution in [0.5, 0.6) is 11.5 Å². The Balaban J connectivity index is 2.52. The molecule has 0 bridgehead atoms. The molecule has 0 spiro atoms. The minimum atomic E-state index is 0.239. The summed E-state index contributed by atoms with van der Waals surface area (Å²) in [6, 6.07) is 6.32. The van der Waals surface area contributed by atoms with E-state index in [2.05, 4.69) is 13.0 Å². The molecule has 3 nitrogen and oxygen atoms in total. The number of benzene rings is 1. The van der Waals surface area contributed by atoms with Gasteiger partial charge in [0, 0.05) is 6.04 Å². The molecule has 3 heteroatoms. The Kier molecular flexibility index (Phi) is 5.84. The zero-order valence-corrected chi connectivity index (χ0v) is 11.0. The van der Waals surface area contributed by atoms with Crippen molar-refractivity contribution in [2.24, 2.45) is 5.73 Å². The van der Waals surface area contributed by atoms with E-state index in [0.717, 1.165) is 30.8 Å².